The van der Waals surface area contributed by atoms with E-state index in [0.717, 1.165) is 42.9 Å². The number of anilines is 1. The highest BCUT2D eigenvalue weighted by atomic mass is 16.5. The van der Waals surface area contributed by atoms with E-state index in [-0.39, 0.29) is 11.9 Å². The Bertz CT molecular complexity index is 610. The van der Waals surface area contributed by atoms with E-state index < -0.39 is 0 Å². The van der Waals surface area contributed by atoms with Crippen molar-refractivity contribution in [3.05, 3.63) is 35.4 Å². The zero-order chi connectivity index (χ0) is 16.8. The molecule has 1 aromatic carbocycles. The van der Waals surface area contributed by atoms with Crippen LogP contribution < -0.4 is 15.4 Å². The van der Waals surface area contributed by atoms with E-state index in [0.29, 0.717) is 6.54 Å². The monoisotopic (exact) mass is 328 g/mol. The van der Waals surface area contributed by atoms with Gasteiger partial charge in [-0.2, -0.15) is 0 Å². The highest BCUT2D eigenvalue weighted by molar-refractivity contribution is 5.98. The van der Waals surface area contributed by atoms with Gasteiger partial charge in [-0.3, -0.25) is 4.79 Å². The molecular formula is C20H28N2O2. The topological polar surface area (TPSA) is 50.4 Å². The van der Waals surface area contributed by atoms with E-state index in [1.54, 1.807) is 5.57 Å². The summed E-state index contributed by atoms with van der Waals surface area (Å²) < 4.78 is 5.89. The Morgan fingerprint density at radius 2 is 2.29 bits per heavy atom. The fourth-order valence-corrected chi connectivity index (χ4v) is 3.30. The number of ketones is 1. The van der Waals surface area contributed by atoms with Crippen molar-refractivity contribution in [2.45, 2.75) is 51.6 Å². The maximum atomic E-state index is 12.4. The summed E-state index contributed by atoms with van der Waals surface area (Å²) in [4.78, 5) is 12.4. The van der Waals surface area contributed by atoms with Gasteiger partial charge in [0.05, 0.1) is 18.8 Å². The molecule has 3 rings (SSSR count). The van der Waals surface area contributed by atoms with Gasteiger partial charge in [0, 0.05) is 5.56 Å². The molecule has 1 aliphatic heterocycles. The number of carbonyl (C=O) groups is 1. The van der Waals surface area contributed by atoms with Gasteiger partial charge in [-0.25, -0.2) is 0 Å². The van der Waals surface area contributed by atoms with Gasteiger partial charge < -0.3 is 15.4 Å². The van der Waals surface area contributed by atoms with Crippen molar-refractivity contribution >= 4 is 11.5 Å². The van der Waals surface area contributed by atoms with Gasteiger partial charge in [-0.1, -0.05) is 18.6 Å². The lowest BCUT2D eigenvalue weighted by Gasteiger charge is -2.26. The van der Waals surface area contributed by atoms with Crippen LogP contribution in [0.1, 0.15) is 55.8 Å². The molecule has 1 heterocycles. The zero-order valence-electron chi connectivity index (χ0n) is 14.6. The highest BCUT2D eigenvalue weighted by Crippen LogP contribution is 2.30. The van der Waals surface area contributed by atoms with Crippen LogP contribution >= 0.6 is 0 Å². The smallest absolute Gasteiger partial charge is 0.176 e. The van der Waals surface area contributed by atoms with Crippen LogP contribution in [0.5, 0.6) is 5.75 Å². The first-order valence-electron chi connectivity index (χ1n) is 9.22. The molecule has 0 saturated carbocycles. The summed E-state index contributed by atoms with van der Waals surface area (Å²) >= 11 is 0. The number of allylic oxidation sites excluding steroid dienone is 1. The molecule has 0 saturated heterocycles. The van der Waals surface area contributed by atoms with Crippen LogP contribution in [-0.2, 0) is 0 Å². The number of rotatable bonds is 7. The second-order valence-corrected chi connectivity index (χ2v) is 6.70. The number of benzene rings is 1. The number of nitrogens with one attached hydrogen (secondary N) is 2. The first-order valence-corrected chi connectivity index (χ1v) is 9.22. The molecule has 24 heavy (non-hydrogen) atoms. The molecular weight excluding hydrogens is 300 g/mol. The molecule has 2 aliphatic rings. The van der Waals surface area contributed by atoms with Gasteiger partial charge >= 0.3 is 0 Å². The third-order valence-corrected chi connectivity index (χ3v) is 4.86. The summed E-state index contributed by atoms with van der Waals surface area (Å²) in [6, 6.07) is 5.69. The number of fused-ring (bicyclic) bond motifs is 1. The van der Waals surface area contributed by atoms with Crippen LogP contribution in [0.3, 0.4) is 0 Å². The molecule has 0 amide bonds. The SMILES string of the molecule is CCC1CNc2cc(C(=O)CNCCC3=CCCCC3)ccc2O1. The van der Waals surface area contributed by atoms with Crippen molar-refractivity contribution in [2.24, 2.45) is 0 Å². The summed E-state index contributed by atoms with van der Waals surface area (Å²) in [7, 11) is 0. The lowest BCUT2D eigenvalue weighted by molar-refractivity contribution is 0.0991. The Morgan fingerprint density at radius 1 is 1.38 bits per heavy atom. The molecule has 0 aromatic heterocycles. The third-order valence-electron chi connectivity index (χ3n) is 4.86. The number of carbonyl (C=O) groups excluding carboxylic acids is 1. The van der Waals surface area contributed by atoms with E-state index in [9.17, 15) is 4.79 Å². The van der Waals surface area contributed by atoms with Gasteiger partial charge in [0.25, 0.3) is 0 Å². The van der Waals surface area contributed by atoms with E-state index in [2.05, 4.69) is 23.6 Å². The Balaban J connectivity index is 1.47. The molecule has 1 unspecified atom stereocenters. The van der Waals surface area contributed by atoms with Crippen molar-refractivity contribution in [1.82, 2.24) is 5.32 Å². The normalized spacial score (nSPS) is 19.7. The number of ether oxygens (including phenoxy) is 1. The molecule has 2 N–H and O–H groups in total. The Morgan fingerprint density at radius 3 is 3.08 bits per heavy atom. The Kier molecular flexibility index (Phi) is 5.91. The van der Waals surface area contributed by atoms with Crippen molar-refractivity contribution in [3.8, 4) is 5.75 Å². The average Bonchev–Trinajstić information content (AvgIpc) is 2.65. The van der Waals surface area contributed by atoms with Gasteiger partial charge in [-0.15, -0.1) is 0 Å². The van der Waals surface area contributed by atoms with Gasteiger partial charge in [0.2, 0.25) is 0 Å². The predicted molar refractivity (Wildman–Crippen MR) is 98.0 cm³/mol. The predicted octanol–water partition coefficient (Wildman–Crippen LogP) is 3.93. The van der Waals surface area contributed by atoms with Crippen molar-refractivity contribution < 1.29 is 9.53 Å². The third kappa shape index (κ3) is 4.38. The second-order valence-electron chi connectivity index (χ2n) is 6.70. The quantitative estimate of drug-likeness (QED) is 0.452. The van der Waals surface area contributed by atoms with E-state index in [1.165, 1.54) is 25.7 Å². The van der Waals surface area contributed by atoms with Crippen LogP contribution in [0.2, 0.25) is 0 Å². The maximum absolute atomic E-state index is 12.4. The molecule has 130 valence electrons. The first kappa shape index (κ1) is 17.0. The molecule has 4 nitrogen and oxygen atoms in total. The number of hydrogen-bond donors (Lipinski definition) is 2. The molecule has 1 atom stereocenters. The lowest BCUT2D eigenvalue weighted by Crippen LogP contribution is -2.30. The van der Waals surface area contributed by atoms with Gasteiger partial charge in [-0.05, 0) is 63.3 Å². The summed E-state index contributed by atoms with van der Waals surface area (Å²) in [6.45, 7) is 4.19. The first-order chi connectivity index (χ1) is 11.8. The Hall–Kier alpha value is -1.81. The number of hydrogen-bond acceptors (Lipinski definition) is 4. The van der Waals surface area contributed by atoms with Crippen molar-refractivity contribution in [2.75, 3.05) is 25.0 Å². The van der Waals surface area contributed by atoms with Crippen LogP contribution in [0.4, 0.5) is 5.69 Å². The summed E-state index contributed by atoms with van der Waals surface area (Å²) in [6.07, 6.45) is 9.71. The highest BCUT2D eigenvalue weighted by Gasteiger charge is 2.19. The Labute approximate surface area is 144 Å². The summed E-state index contributed by atoms with van der Waals surface area (Å²) in [5.41, 5.74) is 3.21. The minimum absolute atomic E-state index is 0.134. The van der Waals surface area contributed by atoms with Crippen molar-refractivity contribution in [3.63, 3.8) is 0 Å². The second kappa shape index (κ2) is 8.34. The molecule has 0 fully saturated rings. The van der Waals surface area contributed by atoms with Gasteiger partial charge in [0.15, 0.2) is 5.78 Å². The van der Waals surface area contributed by atoms with Gasteiger partial charge in [0.1, 0.15) is 11.9 Å². The fraction of sp³-hybridized carbons (Fsp3) is 0.550. The number of Topliss-reactive ketones (excluding diaryl/α,β-unsaturated/α-hetero) is 1. The van der Waals surface area contributed by atoms with E-state index in [1.807, 2.05) is 18.2 Å². The van der Waals surface area contributed by atoms with Crippen LogP contribution in [-0.4, -0.2) is 31.5 Å². The minimum atomic E-state index is 0.134. The summed E-state index contributed by atoms with van der Waals surface area (Å²) in [5.74, 6) is 0.983. The molecule has 0 radical (unpaired) electrons. The maximum Gasteiger partial charge on any atom is 0.176 e. The largest absolute Gasteiger partial charge is 0.486 e. The van der Waals surface area contributed by atoms with E-state index >= 15 is 0 Å². The molecule has 1 aromatic rings. The van der Waals surface area contributed by atoms with Crippen LogP contribution in [0.25, 0.3) is 0 Å². The van der Waals surface area contributed by atoms with E-state index in [4.69, 9.17) is 4.74 Å². The molecule has 4 heteroatoms. The molecule has 1 aliphatic carbocycles. The van der Waals surface area contributed by atoms with Crippen molar-refractivity contribution in [1.29, 1.82) is 0 Å². The average molecular weight is 328 g/mol. The van der Waals surface area contributed by atoms with Crippen LogP contribution in [0.15, 0.2) is 29.8 Å². The molecule has 0 bridgehead atoms. The standard InChI is InChI=1S/C20H28N2O2/c1-2-17-13-22-18-12-16(8-9-20(18)24-17)19(23)14-21-11-10-15-6-4-3-5-7-15/h6,8-9,12,17,21-22H,2-5,7,10-11,13-14H2,1H3. The summed E-state index contributed by atoms with van der Waals surface area (Å²) in [5, 5.41) is 6.65. The zero-order valence-corrected chi connectivity index (χ0v) is 14.6. The van der Waals surface area contributed by atoms with Crippen LogP contribution in [0, 0.1) is 0 Å². The fourth-order valence-electron chi connectivity index (χ4n) is 3.30. The minimum Gasteiger partial charge on any atom is -0.486 e. The molecule has 0 spiro atoms. The lowest BCUT2D eigenvalue weighted by atomic mass is 9.97.